The maximum Gasteiger partial charge on any atom is 0.255 e. The van der Waals surface area contributed by atoms with Crippen LogP contribution in [0.3, 0.4) is 0 Å². The number of hydrogen-bond acceptors (Lipinski definition) is 3. The first-order chi connectivity index (χ1) is 9.10. The monoisotopic (exact) mass is 275 g/mol. The molecular weight excluding hydrogens is 266 g/mol. The highest BCUT2D eigenvalue weighted by Crippen LogP contribution is 2.24. The van der Waals surface area contributed by atoms with E-state index in [1.807, 2.05) is 0 Å². The Morgan fingerprint density at radius 3 is 2.68 bits per heavy atom. The van der Waals surface area contributed by atoms with Gasteiger partial charge in [0.1, 0.15) is 12.0 Å². The molecule has 0 bridgehead atoms. The Kier molecular flexibility index (Phi) is 3.82. The summed E-state index contributed by atoms with van der Waals surface area (Å²) in [5.41, 5.74) is 1.31. The molecule has 0 fully saturated rings. The Morgan fingerprint density at radius 1 is 1.21 bits per heavy atom. The summed E-state index contributed by atoms with van der Waals surface area (Å²) in [6.45, 7) is 0. The maximum atomic E-state index is 11.9. The van der Waals surface area contributed by atoms with Crippen molar-refractivity contribution in [1.29, 1.82) is 0 Å². The maximum absolute atomic E-state index is 11.9. The van der Waals surface area contributed by atoms with Gasteiger partial charge in [0.2, 0.25) is 0 Å². The molecule has 0 atom stereocenters. The number of carbonyl (C=O) groups excluding carboxylic acids is 2. The molecule has 0 saturated heterocycles. The Morgan fingerprint density at radius 2 is 2.00 bits per heavy atom. The van der Waals surface area contributed by atoms with Crippen molar-refractivity contribution >= 4 is 29.5 Å². The number of phenolic OH excluding ortho intramolecular Hbond substituents is 1. The summed E-state index contributed by atoms with van der Waals surface area (Å²) in [5, 5.41) is 12.0. The second-order valence-electron chi connectivity index (χ2n) is 3.86. The Bertz CT molecular complexity index is 640. The van der Waals surface area contributed by atoms with Crippen molar-refractivity contribution in [1.82, 2.24) is 0 Å². The lowest BCUT2D eigenvalue weighted by Crippen LogP contribution is -2.11. The van der Waals surface area contributed by atoms with Gasteiger partial charge in [0.15, 0.2) is 0 Å². The molecule has 0 saturated carbocycles. The second kappa shape index (κ2) is 5.54. The van der Waals surface area contributed by atoms with Crippen LogP contribution < -0.4 is 5.32 Å². The van der Waals surface area contributed by atoms with E-state index in [0.29, 0.717) is 23.1 Å². The lowest BCUT2D eigenvalue weighted by atomic mass is 10.2. The number of amides is 1. The van der Waals surface area contributed by atoms with Crippen LogP contribution in [0.2, 0.25) is 5.02 Å². The van der Waals surface area contributed by atoms with E-state index in [-0.39, 0.29) is 16.7 Å². The van der Waals surface area contributed by atoms with Gasteiger partial charge in [-0.25, -0.2) is 0 Å². The van der Waals surface area contributed by atoms with Crippen LogP contribution in [0.1, 0.15) is 20.7 Å². The number of aromatic hydroxyl groups is 1. The molecule has 0 aliphatic carbocycles. The molecule has 0 aromatic heterocycles. The Hall–Kier alpha value is -2.33. The summed E-state index contributed by atoms with van der Waals surface area (Å²) >= 11 is 5.73. The summed E-state index contributed by atoms with van der Waals surface area (Å²) in [7, 11) is 0. The first kappa shape index (κ1) is 13.1. The summed E-state index contributed by atoms with van der Waals surface area (Å²) in [5.74, 6) is -0.453. The van der Waals surface area contributed by atoms with Crippen molar-refractivity contribution in [2.45, 2.75) is 0 Å². The van der Waals surface area contributed by atoms with E-state index in [0.717, 1.165) is 0 Å². The van der Waals surface area contributed by atoms with Crippen LogP contribution in [-0.2, 0) is 0 Å². The number of benzene rings is 2. The van der Waals surface area contributed by atoms with E-state index < -0.39 is 0 Å². The minimum Gasteiger partial charge on any atom is -0.506 e. The van der Waals surface area contributed by atoms with E-state index >= 15 is 0 Å². The van der Waals surface area contributed by atoms with Gasteiger partial charge in [0.05, 0.1) is 5.02 Å². The number of phenols is 1. The molecule has 19 heavy (non-hydrogen) atoms. The van der Waals surface area contributed by atoms with E-state index in [4.69, 9.17) is 11.6 Å². The fraction of sp³-hybridized carbons (Fsp3) is 0. The number of carbonyl (C=O) groups is 2. The summed E-state index contributed by atoms with van der Waals surface area (Å²) < 4.78 is 0. The topological polar surface area (TPSA) is 66.4 Å². The third-order valence-electron chi connectivity index (χ3n) is 2.49. The zero-order valence-corrected chi connectivity index (χ0v) is 10.5. The van der Waals surface area contributed by atoms with Gasteiger partial charge in [0.25, 0.3) is 5.91 Å². The fourth-order valence-corrected chi connectivity index (χ4v) is 1.72. The standard InChI is InChI=1S/C14H10ClNO3/c15-12-7-10(4-5-13(12)18)14(19)16-11-3-1-2-9(6-11)8-17/h1-8,18H,(H,16,19). The third kappa shape index (κ3) is 3.11. The van der Waals surface area contributed by atoms with E-state index in [1.165, 1.54) is 18.2 Å². The number of anilines is 1. The molecule has 96 valence electrons. The molecule has 4 nitrogen and oxygen atoms in total. The molecule has 0 radical (unpaired) electrons. The normalized spacial score (nSPS) is 9.95. The van der Waals surface area contributed by atoms with E-state index in [1.54, 1.807) is 24.3 Å². The highest BCUT2D eigenvalue weighted by Gasteiger charge is 2.08. The highest BCUT2D eigenvalue weighted by atomic mass is 35.5. The Labute approximate surface area is 114 Å². The van der Waals surface area contributed by atoms with Crippen molar-refractivity contribution in [2.75, 3.05) is 5.32 Å². The molecule has 2 aromatic rings. The van der Waals surface area contributed by atoms with Gasteiger partial charge in [-0.2, -0.15) is 0 Å². The lowest BCUT2D eigenvalue weighted by Gasteiger charge is -2.06. The number of rotatable bonds is 3. The van der Waals surface area contributed by atoms with Gasteiger partial charge in [-0.05, 0) is 30.3 Å². The van der Waals surface area contributed by atoms with Crippen LogP contribution in [0.5, 0.6) is 5.75 Å². The largest absolute Gasteiger partial charge is 0.506 e. The predicted molar refractivity (Wildman–Crippen MR) is 72.9 cm³/mol. The van der Waals surface area contributed by atoms with Crippen molar-refractivity contribution < 1.29 is 14.7 Å². The molecule has 2 aromatic carbocycles. The summed E-state index contributed by atoms with van der Waals surface area (Å²) in [6, 6.07) is 10.7. The van der Waals surface area contributed by atoms with Crippen LogP contribution in [0.15, 0.2) is 42.5 Å². The highest BCUT2D eigenvalue weighted by molar-refractivity contribution is 6.32. The number of aldehydes is 1. The zero-order chi connectivity index (χ0) is 13.8. The molecule has 2 N–H and O–H groups in total. The van der Waals surface area contributed by atoms with Crippen LogP contribution in [-0.4, -0.2) is 17.3 Å². The Balaban J connectivity index is 2.20. The first-order valence-electron chi connectivity index (χ1n) is 5.45. The molecule has 0 heterocycles. The third-order valence-corrected chi connectivity index (χ3v) is 2.79. The molecular formula is C14H10ClNO3. The molecule has 0 aliphatic rings. The predicted octanol–water partition coefficient (Wildman–Crippen LogP) is 3.11. The quantitative estimate of drug-likeness (QED) is 0.846. The summed E-state index contributed by atoms with van der Waals surface area (Å²) in [4.78, 5) is 22.6. The molecule has 0 aliphatic heterocycles. The number of hydrogen-bond donors (Lipinski definition) is 2. The smallest absolute Gasteiger partial charge is 0.255 e. The van der Waals surface area contributed by atoms with Crippen molar-refractivity contribution in [3.8, 4) is 5.75 Å². The van der Waals surface area contributed by atoms with E-state index in [2.05, 4.69) is 5.32 Å². The molecule has 0 unspecified atom stereocenters. The van der Waals surface area contributed by atoms with Crippen LogP contribution >= 0.6 is 11.6 Å². The molecule has 1 amide bonds. The summed E-state index contributed by atoms with van der Waals surface area (Å²) in [6.07, 6.45) is 0.701. The van der Waals surface area contributed by atoms with Gasteiger partial charge in [-0.15, -0.1) is 0 Å². The zero-order valence-electron chi connectivity index (χ0n) is 9.76. The lowest BCUT2D eigenvalue weighted by molar-refractivity contribution is 0.102. The van der Waals surface area contributed by atoms with Crippen molar-refractivity contribution in [2.24, 2.45) is 0 Å². The SMILES string of the molecule is O=Cc1cccc(NC(=O)c2ccc(O)c(Cl)c2)c1. The average Bonchev–Trinajstić information content (AvgIpc) is 2.42. The molecule has 5 heteroatoms. The van der Waals surface area contributed by atoms with Gasteiger partial charge >= 0.3 is 0 Å². The minimum absolute atomic E-state index is 0.0823. The minimum atomic E-state index is -0.370. The van der Waals surface area contributed by atoms with Gasteiger partial charge in [0, 0.05) is 16.8 Å². The first-order valence-corrected chi connectivity index (χ1v) is 5.83. The van der Waals surface area contributed by atoms with Gasteiger partial charge in [-0.1, -0.05) is 23.7 Å². The second-order valence-corrected chi connectivity index (χ2v) is 4.27. The van der Waals surface area contributed by atoms with Crippen molar-refractivity contribution in [3.63, 3.8) is 0 Å². The van der Waals surface area contributed by atoms with Crippen LogP contribution in [0.25, 0.3) is 0 Å². The van der Waals surface area contributed by atoms with Gasteiger partial charge < -0.3 is 10.4 Å². The van der Waals surface area contributed by atoms with Gasteiger partial charge in [-0.3, -0.25) is 9.59 Å². The molecule has 0 spiro atoms. The average molecular weight is 276 g/mol. The molecule has 2 rings (SSSR count). The number of halogens is 1. The van der Waals surface area contributed by atoms with Crippen LogP contribution in [0, 0.1) is 0 Å². The fourth-order valence-electron chi connectivity index (χ4n) is 1.54. The van der Waals surface area contributed by atoms with Crippen LogP contribution in [0.4, 0.5) is 5.69 Å². The number of nitrogens with one attached hydrogen (secondary N) is 1. The van der Waals surface area contributed by atoms with Crippen molar-refractivity contribution in [3.05, 3.63) is 58.6 Å². The van der Waals surface area contributed by atoms with E-state index in [9.17, 15) is 14.7 Å².